The van der Waals surface area contributed by atoms with Crippen LogP contribution in [0.5, 0.6) is 0 Å². The number of rotatable bonds is 7. The molecule has 2 heterocycles. The molecule has 0 radical (unpaired) electrons. The number of amides is 1. The summed E-state index contributed by atoms with van der Waals surface area (Å²) in [4.78, 5) is 15.3. The molecule has 6 nitrogen and oxygen atoms in total. The van der Waals surface area contributed by atoms with Crippen molar-refractivity contribution in [1.29, 1.82) is 0 Å². The first-order valence-electron chi connectivity index (χ1n) is 7.97. The van der Waals surface area contributed by atoms with Crippen LogP contribution in [0.4, 0.5) is 4.39 Å². The zero-order valence-corrected chi connectivity index (χ0v) is 16.0. The van der Waals surface area contributed by atoms with E-state index in [1.807, 2.05) is 24.4 Å². The van der Waals surface area contributed by atoms with Crippen LogP contribution in [0.3, 0.4) is 0 Å². The van der Waals surface area contributed by atoms with Crippen molar-refractivity contribution in [3.8, 4) is 0 Å². The summed E-state index contributed by atoms with van der Waals surface area (Å²) < 4.78 is 14.7. The largest absolute Gasteiger partial charge is 0.338 e. The van der Waals surface area contributed by atoms with E-state index in [0.717, 1.165) is 10.4 Å². The zero-order chi connectivity index (χ0) is 18.5. The van der Waals surface area contributed by atoms with E-state index in [1.54, 1.807) is 40.1 Å². The minimum atomic E-state index is -0.289. The number of nitrogens with zero attached hydrogens (tertiary/aromatic N) is 5. The number of hydrogen-bond acceptors (Lipinski definition) is 6. The highest BCUT2D eigenvalue weighted by atomic mass is 32.2. The van der Waals surface area contributed by atoms with Crippen molar-refractivity contribution in [2.75, 3.05) is 12.8 Å². The molecule has 0 saturated carbocycles. The van der Waals surface area contributed by atoms with Gasteiger partial charge in [0.2, 0.25) is 11.1 Å². The normalized spacial score (nSPS) is 12.1. The van der Waals surface area contributed by atoms with Crippen molar-refractivity contribution in [2.24, 2.45) is 0 Å². The second kappa shape index (κ2) is 8.41. The van der Waals surface area contributed by atoms with Crippen molar-refractivity contribution in [3.63, 3.8) is 0 Å². The Hall–Kier alpha value is -2.26. The molecule has 0 saturated heterocycles. The molecule has 3 rings (SSSR count). The number of carbonyl (C=O) groups is 1. The summed E-state index contributed by atoms with van der Waals surface area (Å²) >= 11 is 2.94. The quantitative estimate of drug-likeness (QED) is 0.579. The molecule has 26 heavy (non-hydrogen) atoms. The van der Waals surface area contributed by atoms with Gasteiger partial charge in [-0.1, -0.05) is 30.0 Å². The Bertz CT molecular complexity index is 850. The van der Waals surface area contributed by atoms with Crippen molar-refractivity contribution >= 4 is 29.0 Å². The number of halogens is 1. The molecule has 0 fully saturated rings. The van der Waals surface area contributed by atoms with E-state index in [4.69, 9.17) is 0 Å². The Balaban J connectivity index is 1.58. The van der Waals surface area contributed by atoms with Crippen LogP contribution in [0.2, 0.25) is 0 Å². The van der Waals surface area contributed by atoms with Gasteiger partial charge in [-0.05, 0) is 46.5 Å². The van der Waals surface area contributed by atoms with E-state index >= 15 is 0 Å². The lowest BCUT2D eigenvalue weighted by Gasteiger charge is -2.25. The number of aromatic nitrogens is 4. The number of benzene rings is 1. The average molecular weight is 391 g/mol. The van der Waals surface area contributed by atoms with Gasteiger partial charge >= 0.3 is 0 Å². The summed E-state index contributed by atoms with van der Waals surface area (Å²) in [5, 5.41) is 14.3. The maximum absolute atomic E-state index is 13.1. The molecule has 9 heteroatoms. The Morgan fingerprint density at radius 3 is 2.81 bits per heavy atom. The van der Waals surface area contributed by atoms with E-state index in [-0.39, 0.29) is 23.5 Å². The van der Waals surface area contributed by atoms with Gasteiger partial charge in [0.1, 0.15) is 5.82 Å². The zero-order valence-electron chi connectivity index (χ0n) is 14.4. The smallest absolute Gasteiger partial charge is 0.233 e. The van der Waals surface area contributed by atoms with Crippen LogP contribution in [0.1, 0.15) is 23.4 Å². The molecule has 0 spiro atoms. The standard InChI is InChI=1S/C17H18FN5OS2/c1-12(13-5-7-14(18)8-6-13)22(2)16(24)11-26-17-19-20-21-23(17)10-15-4-3-9-25-15/h3-9,12H,10-11H2,1-2H3. The highest BCUT2D eigenvalue weighted by Crippen LogP contribution is 2.22. The molecule has 0 aliphatic carbocycles. The van der Waals surface area contributed by atoms with Crippen LogP contribution in [0.25, 0.3) is 0 Å². The fraction of sp³-hybridized carbons (Fsp3) is 0.294. The van der Waals surface area contributed by atoms with Gasteiger partial charge in [0.05, 0.1) is 18.3 Å². The van der Waals surface area contributed by atoms with Crippen molar-refractivity contribution < 1.29 is 9.18 Å². The maximum Gasteiger partial charge on any atom is 0.233 e. The molecular formula is C17H18FN5OS2. The van der Waals surface area contributed by atoms with E-state index in [0.29, 0.717) is 11.7 Å². The molecule has 1 aromatic carbocycles. The molecule has 1 unspecified atom stereocenters. The number of carbonyl (C=O) groups excluding carboxylic acids is 1. The van der Waals surface area contributed by atoms with Gasteiger partial charge < -0.3 is 4.90 Å². The van der Waals surface area contributed by atoms with Gasteiger partial charge in [-0.3, -0.25) is 4.79 Å². The third-order valence-electron chi connectivity index (χ3n) is 4.04. The summed E-state index contributed by atoms with van der Waals surface area (Å²) in [5.74, 6) is -0.104. The Labute approximate surface area is 159 Å². The molecule has 136 valence electrons. The lowest BCUT2D eigenvalue weighted by atomic mass is 10.1. The molecule has 2 aromatic heterocycles. The first-order valence-corrected chi connectivity index (χ1v) is 9.83. The van der Waals surface area contributed by atoms with Gasteiger partial charge in [0, 0.05) is 11.9 Å². The molecule has 3 aromatic rings. The summed E-state index contributed by atoms with van der Waals surface area (Å²) in [7, 11) is 1.74. The molecule has 0 aliphatic heterocycles. The Kier molecular flexibility index (Phi) is 6.00. The van der Waals surface area contributed by atoms with E-state index in [2.05, 4.69) is 15.5 Å². The minimum Gasteiger partial charge on any atom is -0.338 e. The highest BCUT2D eigenvalue weighted by molar-refractivity contribution is 7.99. The van der Waals surface area contributed by atoms with Gasteiger partial charge in [0.15, 0.2) is 0 Å². The third kappa shape index (κ3) is 4.47. The fourth-order valence-corrected chi connectivity index (χ4v) is 3.84. The van der Waals surface area contributed by atoms with E-state index in [1.165, 1.54) is 23.9 Å². The van der Waals surface area contributed by atoms with Crippen LogP contribution >= 0.6 is 23.1 Å². The molecule has 0 bridgehead atoms. The lowest BCUT2D eigenvalue weighted by molar-refractivity contribution is -0.128. The van der Waals surface area contributed by atoms with Crippen molar-refractivity contribution in [1.82, 2.24) is 25.1 Å². The summed E-state index contributed by atoms with van der Waals surface area (Å²) in [5.41, 5.74) is 0.884. The predicted octanol–water partition coefficient (Wildman–Crippen LogP) is 3.23. The number of tetrazole rings is 1. The SMILES string of the molecule is CC(c1ccc(F)cc1)N(C)C(=O)CSc1nnnn1Cc1cccs1. The molecule has 0 N–H and O–H groups in total. The number of hydrogen-bond donors (Lipinski definition) is 0. The topological polar surface area (TPSA) is 63.9 Å². The maximum atomic E-state index is 13.1. The monoisotopic (exact) mass is 391 g/mol. The van der Waals surface area contributed by atoms with Crippen LogP contribution < -0.4 is 0 Å². The van der Waals surface area contributed by atoms with Crippen LogP contribution in [-0.2, 0) is 11.3 Å². The first kappa shape index (κ1) is 18.5. The second-order valence-corrected chi connectivity index (χ2v) is 7.69. The molecule has 1 atom stereocenters. The van der Waals surface area contributed by atoms with Crippen LogP contribution in [0.15, 0.2) is 46.9 Å². The highest BCUT2D eigenvalue weighted by Gasteiger charge is 2.19. The third-order valence-corrected chi connectivity index (χ3v) is 5.84. The number of thioether (sulfide) groups is 1. The van der Waals surface area contributed by atoms with Gasteiger partial charge in [-0.25, -0.2) is 9.07 Å². The second-order valence-electron chi connectivity index (χ2n) is 5.72. The van der Waals surface area contributed by atoms with Gasteiger partial charge in [0.25, 0.3) is 0 Å². The molecule has 0 aliphatic rings. The Morgan fingerprint density at radius 2 is 2.12 bits per heavy atom. The minimum absolute atomic E-state index is 0.0440. The van der Waals surface area contributed by atoms with Crippen LogP contribution in [-0.4, -0.2) is 43.8 Å². The van der Waals surface area contributed by atoms with Gasteiger partial charge in [-0.15, -0.1) is 16.4 Å². The van der Waals surface area contributed by atoms with E-state index in [9.17, 15) is 9.18 Å². The summed E-state index contributed by atoms with van der Waals surface area (Å²) in [6.45, 7) is 2.50. The van der Waals surface area contributed by atoms with E-state index < -0.39 is 0 Å². The van der Waals surface area contributed by atoms with Crippen LogP contribution in [0, 0.1) is 5.82 Å². The van der Waals surface area contributed by atoms with Crippen molar-refractivity contribution in [3.05, 3.63) is 58.0 Å². The average Bonchev–Trinajstić information content (AvgIpc) is 3.31. The summed E-state index contributed by atoms with van der Waals surface area (Å²) in [6.07, 6.45) is 0. The predicted molar refractivity (Wildman–Crippen MR) is 99.5 cm³/mol. The molecular weight excluding hydrogens is 373 g/mol. The number of thiophene rings is 1. The molecule has 1 amide bonds. The van der Waals surface area contributed by atoms with Crippen molar-refractivity contribution in [2.45, 2.75) is 24.7 Å². The Morgan fingerprint density at radius 1 is 1.35 bits per heavy atom. The van der Waals surface area contributed by atoms with Gasteiger partial charge in [-0.2, -0.15) is 0 Å². The lowest BCUT2D eigenvalue weighted by Crippen LogP contribution is -2.31. The fourth-order valence-electron chi connectivity index (χ4n) is 2.36. The summed E-state index contributed by atoms with van der Waals surface area (Å²) in [6, 6.07) is 10.0. The first-order chi connectivity index (χ1) is 12.5.